The van der Waals surface area contributed by atoms with Crippen LogP contribution in [0.4, 0.5) is 0 Å². The van der Waals surface area contributed by atoms with Crippen LogP contribution < -0.4 is 0 Å². The zero-order valence-electron chi connectivity index (χ0n) is 7.09. The van der Waals surface area contributed by atoms with E-state index >= 15 is 0 Å². The number of ketones is 1. The van der Waals surface area contributed by atoms with Crippen molar-refractivity contribution < 1.29 is 4.79 Å². The number of carbonyl (C=O) groups excluding carboxylic acids is 1. The van der Waals surface area contributed by atoms with E-state index in [-0.39, 0.29) is 11.4 Å². The maximum Gasteiger partial charge on any atom is 0.174 e. The van der Waals surface area contributed by atoms with E-state index in [4.69, 9.17) is 5.26 Å². The molecule has 0 amide bonds. The normalized spacial score (nSPS) is 10.5. The molecule has 0 bridgehead atoms. The minimum atomic E-state index is -0.110. The molecule has 11 heavy (non-hydrogen) atoms. The van der Waals surface area contributed by atoms with Gasteiger partial charge >= 0.3 is 0 Å². The molecule has 0 aliphatic heterocycles. The van der Waals surface area contributed by atoms with Gasteiger partial charge in [-0.25, -0.2) is 0 Å². The Kier molecular flexibility index (Phi) is 3.97. The number of rotatable bonds is 3. The Balaban J connectivity index is 4.43. The summed E-state index contributed by atoms with van der Waals surface area (Å²) in [5.41, 5.74) is 0.220. The van der Waals surface area contributed by atoms with Crippen molar-refractivity contribution in [3.05, 3.63) is 11.8 Å². The van der Waals surface area contributed by atoms with Crippen LogP contribution in [0.15, 0.2) is 11.8 Å². The number of allylic oxidation sites excluding steroid dienone is 1. The van der Waals surface area contributed by atoms with Gasteiger partial charge in [0.2, 0.25) is 0 Å². The van der Waals surface area contributed by atoms with E-state index in [1.165, 1.54) is 6.20 Å². The van der Waals surface area contributed by atoms with Gasteiger partial charge in [-0.05, 0) is 0 Å². The summed E-state index contributed by atoms with van der Waals surface area (Å²) in [5.74, 6) is -0.110. The Bertz CT molecular complexity index is 211. The highest BCUT2D eigenvalue weighted by atomic mass is 16.1. The van der Waals surface area contributed by atoms with Crippen LogP contribution in [0.1, 0.15) is 13.3 Å². The van der Waals surface area contributed by atoms with Crippen LogP contribution in [-0.4, -0.2) is 24.8 Å². The van der Waals surface area contributed by atoms with Crippen molar-refractivity contribution in [1.29, 1.82) is 5.26 Å². The van der Waals surface area contributed by atoms with Gasteiger partial charge in [0.05, 0.1) is 0 Å². The molecular weight excluding hydrogens is 140 g/mol. The molecule has 0 aromatic rings. The third kappa shape index (κ3) is 3.41. The van der Waals surface area contributed by atoms with Gasteiger partial charge in [0.15, 0.2) is 5.78 Å². The van der Waals surface area contributed by atoms with Crippen molar-refractivity contribution >= 4 is 5.78 Å². The summed E-state index contributed by atoms with van der Waals surface area (Å²) in [6.07, 6.45) is 1.92. The summed E-state index contributed by atoms with van der Waals surface area (Å²) in [7, 11) is 3.56. The average molecular weight is 152 g/mol. The van der Waals surface area contributed by atoms with Crippen LogP contribution in [0.3, 0.4) is 0 Å². The second-order valence-corrected chi connectivity index (χ2v) is 2.39. The quantitative estimate of drug-likeness (QED) is 0.446. The number of carbonyl (C=O) groups is 1. The molecule has 0 unspecified atom stereocenters. The van der Waals surface area contributed by atoms with Crippen LogP contribution >= 0.6 is 0 Å². The lowest BCUT2D eigenvalue weighted by molar-refractivity contribution is -0.114. The molecule has 60 valence electrons. The lowest BCUT2D eigenvalue weighted by atomic mass is 10.1. The predicted molar refractivity (Wildman–Crippen MR) is 42.7 cm³/mol. The highest BCUT2D eigenvalue weighted by molar-refractivity contribution is 5.98. The number of hydrogen-bond donors (Lipinski definition) is 0. The van der Waals surface area contributed by atoms with Crippen molar-refractivity contribution in [2.75, 3.05) is 14.1 Å². The van der Waals surface area contributed by atoms with Crippen molar-refractivity contribution in [1.82, 2.24) is 4.90 Å². The first-order valence-electron chi connectivity index (χ1n) is 3.43. The van der Waals surface area contributed by atoms with Gasteiger partial charge in [-0.2, -0.15) is 5.26 Å². The number of nitrogens with zero attached hydrogens (tertiary/aromatic N) is 2. The number of nitriles is 1. The zero-order chi connectivity index (χ0) is 8.85. The van der Waals surface area contributed by atoms with Crippen LogP contribution in [0, 0.1) is 11.3 Å². The SMILES string of the molecule is CCC(=O)C(C#N)=CN(C)C. The molecule has 0 atom stereocenters. The molecule has 0 aromatic carbocycles. The molecule has 0 fully saturated rings. The number of hydrogen-bond acceptors (Lipinski definition) is 3. The summed E-state index contributed by atoms with van der Waals surface area (Å²) in [4.78, 5) is 12.6. The van der Waals surface area contributed by atoms with Gasteiger partial charge < -0.3 is 4.90 Å². The summed E-state index contributed by atoms with van der Waals surface area (Å²) < 4.78 is 0. The molecule has 3 nitrogen and oxygen atoms in total. The van der Waals surface area contributed by atoms with Gasteiger partial charge in [-0.1, -0.05) is 6.92 Å². The van der Waals surface area contributed by atoms with Crippen LogP contribution in [0.2, 0.25) is 0 Å². The molecule has 3 heteroatoms. The van der Waals surface area contributed by atoms with Crippen LogP contribution in [-0.2, 0) is 4.79 Å². The van der Waals surface area contributed by atoms with E-state index in [0.717, 1.165) is 0 Å². The predicted octanol–water partition coefficient (Wildman–Crippen LogP) is 0.935. The lowest BCUT2D eigenvalue weighted by Crippen LogP contribution is -2.07. The van der Waals surface area contributed by atoms with Gasteiger partial charge in [-0.3, -0.25) is 4.79 Å². The number of Topliss-reactive ketones (excluding diaryl/α,β-unsaturated/α-hetero) is 1. The average Bonchev–Trinajstić information content (AvgIpc) is 1.98. The van der Waals surface area contributed by atoms with E-state index in [1.54, 1.807) is 25.9 Å². The van der Waals surface area contributed by atoms with E-state index in [9.17, 15) is 4.79 Å². The highest BCUT2D eigenvalue weighted by Crippen LogP contribution is 1.98. The van der Waals surface area contributed by atoms with Gasteiger partial charge in [0.25, 0.3) is 0 Å². The molecule has 0 heterocycles. The molecule has 0 aliphatic rings. The largest absolute Gasteiger partial charge is 0.382 e. The van der Waals surface area contributed by atoms with E-state index in [1.807, 2.05) is 6.07 Å². The lowest BCUT2D eigenvalue weighted by Gasteiger charge is -2.04. The Labute approximate surface area is 66.9 Å². The zero-order valence-corrected chi connectivity index (χ0v) is 7.09. The van der Waals surface area contributed by atoms with Gasteiger partial charge in [0, 0.05) is 26.7 Å². The standard InChI is InChI=1S/C8H12N2O/c1-4-8(11)7(5-9)6-10(2)3/h6H,4H2,1-3H3. The topological polar surface area (TPSA) is 44.1 Å². The van der Waals surface area contributed by atoms with E-state index in [2.05, 4.69) is 0 Å². The highest BCUT2D eigenvalue weighted by Gasteiger charge is 2.04. The Morgan fingerprint density at radius 2 is 2.18 bits per heavy atom. The first kappa shape index (κ1) is 9.70. The summed E-state index contributed by atoms with van der Waals surface area (Å²) in [5, 5.41) is 8.51. The third-order valence-corrected chi connectivity index (χ3v) is 1.13. The molecule has 0 spiro atoms. The fourth-order valence-electron chi connectivity index (χ4n) is 0.612. The Morgan fingerprint density at radius 1 is 1.64 bits per heavy atom. The van der Waals surface area contributed by atoms with E-state index in [0.29, 0.717) is 6.42 Å². The molecule has 0 N–H and O–H groups in total. The van der Waals surface area contributed by atoms with Crippen molar-refractivity contribution in [2.45, 2.75) is 13.3 Å². The van der Waals surface area contributed by atoms with Crippen molar-refractivity contribution in [2.24, 2.45) is 0 Å². The summed E-state index contributed by atoms with van der Waals surface area (Å²) >= 11 is 0. The van der Waals surface area contributed by atoms with Crippen LogP contribution in [0.25, 0.3) is 0 Å². The van der Waals surface area contributed by atoms with Crippen molar-refractivity contribution in [3.8, 4) is 6.07 Å². The molecular formula is C8H12N2O. The smallest absolute Gasteiger partial charge is 0.174 e. The maximum absolute atomic E-state index is 11.0. The Morgan fingerprint density at radius 3 is 2.45 bits per heavy atom. The third-order valence-electron chi connectivity index (χ3n) is 1.13. The monoisotopic (exact) mass is 152 g/mol. The second kappa shape index (κ2) is 4.51. The van der Waals surface area contributed by atoms with Crippen LogP contribution in [0.5, 0.6) is 0 Å². The van der Waals surface area contributed by atoms with Gasteiger partial charge in [0.1, 0.15) is 11.6 Å². The molecule has 0 saturated carbocycles. The summed E-state index contributed by atoms with van der Waals surface area (Å²) in [6, 6.07) is 1.85. The minimum Gasteiger partial charge on any atom is -0.382 e. The molecule has 0 rings (SSSR count). The fourth-order valence-corrected chi connectivity index (χ4v) is 0.612. The molecule has 0 aliphatic carbocycles. The first-order chi connectivity index (χ1) is 5.11. The fraction of sp³-hybridized carbons (Fsp3) is 0.500. The van der Waals surface area contributed by atoms with E-state index < -0.39 is 0 Å². The second-order valence-electron chi connectivity index (χ2n) is 2.39. The maximum atomic E-state index is 11.0. The molecule has 0 saturated heterocycles. The molecule has 0 radical (unpaired) electrons. The van der Waals surface area contributed by atoms with Gasteiger partial charge in [-0.15, -0.1) is 0 Å². The summed E-state index contributed by atoms with van der Waals surface area (Å²) in [6.45, 7) is 1.74. The first-order valence-corrected chi connectivity index (χ1v) is 3.43. The Hall–Kier alpha value is -1.30. The molecule has 0 aromatic heterocycles. The minimum absolute atomic E-state index is 0.110. The van der Waals surface area contributed by atoms with Crippen molar-refractivity contribution in [3.63, 3.8) is 0 Å².